The van der Waals surface area contributed by atoms with E-state index in [0.29, 0.717) is 0 Å². The van der Waals surface area contributed by atoms with Crippen LogP contribution >= 0.6 is 11.3 Å². The largest absolute Gasteiger partial charge is 0.315 e. The molecule has 1 aliphatic rings. The van der Waals surface area contributed by atoms with Crippen LogP contribution in [0.3, 0.4) is 0 Å². The van der Waals surface area contributed by atoms with Crippen LogP contribution in [0, 0.1) is 5.92 Å². The Bertz CT molecular complexity index is 293. The molecule has 0 atom stereocenters. The van der Waals surface area contributed by atoms with Crippen LogP contribution in [-0.2, 0) is 6.42 Å². The molecule has 1 heterocycles. The lowest BCUT2D eigenvalue weighted by Gasteiger charge is -2.30. The Labute approximate surface area is 109 Å². The van der Waals surface area contributed by atoms with E-state index in [-0.39, 0.29) is 0 Å². The molecule has 2 nitrogen and oxygen atoms in total. The van der Waals surface area contributed by atoms with Crippen molar-refractivity contribution in [2.24, 2.45) is 5.92 Å². The van der Waals surface area contributed by atoms with Gasteiger partial charge in [0.05, 0.1) is 0 Å². The highest BCUT2D eigenvalue weighted by molar-refractivity contribution is 7.07. The van der Waals surface area contributed by atoms with Crippen LogP contribution in [0.5, 0.6) is 0 Å². The Balaban J connectivity index is 1.45. The molecule has 1 aliphatic carbocycles. The van der Waals surface area contributed by atoms with Crippen LogP contribution in [0.2, 0.25) is 0 Å². The molecule has 1 fully saturated rings. The van der Waals surface area contributed by atoms with Gasteiger partial charge in [0.1, 0.15) is 0 Å². The number of rotatable bonds is 8. The first kappa shape index (κ1) is 13.1. The standard InChI is InChI=1S/C14H24N2S/c1-16(11-13-3-2-4-13)9-8-15-7-5-14-6-10-17-12-14/h6,10,12-13,15H,2-5,7-9,11H2,1H3. The van der Waals surface area contributed by atoms with Crippen molar-refractivity contribution in [1.82, 2.24) is 10.2 Å². The van der Waals surface area contributed by atoms with Gasteiger partial charge in [-0.25, -0.2) is 0 Å². The van der Waals surface area contributed by atoms with E-state index in [1.807, 2.05) is 0 Å². The first-order chi connectivity index (χ1) is 8.34. The molecule has 0 aliphatic heterocycles. The molecule has 0 radical (unpaired) electrons. The van der Waals surface area contributed by atoms with Crippen molar-refractivity contribution < 1.29 is 0 Å². The van der Waals surface area contributed by atoms with E-state index in [4.69, 9.17) is 0 Å². The second-order valence-corrected chi connectivity index (χ2v) is 5.97. The molecule has 0 unspecified atom stereocenters. The van der Waals surface area contributed by atoms with Crippen molar-refractivity contribution in [3.8, 4) is 0 Å². The number of nitrogens with zero attached hydrogens (tertiary/aromatic N) is 1. The predicted molar refractivity (Wildman–Crippen MR) is 75.7 cm³/mol. The van der Waals surface area contributed by atoms with Crippen molar-refractivity contribution in [3.63, 3.8) is 0 Å². The quantitative estimate of drug-likeness (QED) is 0.716. The minimum absolute atomic E-state index is 0.991. The summed E-state index contributed by atoms with van der Waals surface area (Å²) in [5.74, 6) is 0.991. The average Bonchev–Trinajstić information content (AvgIpc) is 2.76. The summed E-state index contributed by atoms with van der Waals surface area (Å²) < 4.78 is 0. The fraction of sp³-hybridized carbons (Fsp3) is 0.714. The molecule has 3 heteroatoms. The molecule has 96 valence electrons. The second kappa shape index (κ2) is 7.14. The van der Waals surface area contributed by atoms with Crippen LogP contribution in [0.25, 0.3) is 0 Å². The highest BCUT2D eigenvalue weighted by Gasteiger charge is 2.18. The summed E-state index contributed by atoms with van der Waals surface area (Å²) in [4.78, 5) is 2.47. The highest BCUT2D eigenvalue weighted by Crippen LogP contribution is 2.26. The molecule has 0 aromatic carbocycles. The zero-order chi connectivity index (χ0) is 11.9. The number of hydrogen-bond acceptors (Lipinski definition) is 3. The van der Waals surface area contributed by atoms with Gasteiger partial charge in [-0.3, -0.25) is 0 Å². The Morgan fingerprint density at radius 3 is 2.94 bits per heavy atom. The van der Waals surface area contributed by atoms with Gasteiger partial charge in [0.2, 0.25) is 0 Å². The van der Waals surface area contributed by atoms with E-state index in [9.17, 15) is 0 Å². The van der Waals surface area contributed by atoms with E-state index in [2.05, 4.69) is 34.1 Å². The van der Waals surface area contributed by atoms with Gasteiger partial charge in [0.15, 0.2) is 0 Å². The lowest BCUT2D eigenvalue weighted by molar-refractivity contribution is 0.206. The van der Waals surface area contributed by atoms with Gasteiger partial charge in [-0.15, -0.1) is 0 Å². The summed E-state index contributed by atoms with van der Waals surface area (Å²) in [7, 11) is 2.25. The fourth-order valence-electron chi connectivity index (χ4n) is 2.27. The Hall–Kier alpha value is -0.380. The molecular weight excluding hydrogens is 228 g/mol. The molecule has 0 saturated heterocycles. The van der Waals surface area contributed by atoms with Gasteiger partial charge in [0, 0.05) is 19.6 Å². The van der Waals surface area contributed by atoms with Crippen molar-refractivity contribution >= 4 is 11.3 Å². The van der Waals surface area contributed by atoms with Crippen molar-refractivity contribution in [3.05, 3.63) is 22.4 Å². The maximum atomic E-state index is 3.53. The summed E-state index contributed by atoms with van der Waals surface area (Å²) in [5.41, 5.74) is 1.46. The van der Waals surface area contributed by atoms with Gasteiger partial charge in [-0.2, -0.15) is 11.3 Å². The van der Waals surface area contributed by atoms with Gasteiger partial charge in [0.25, 0.3) is 0 Å². The molecule has 0 bridgehead atoms. The third kappa shape index (κ3) is 4.78. The number of nitrogens with one attached hydrogen (secondary N) is 1. The Kier molecular flexibility index (Phi) is 5.49. The van der Waals surface area contributed by atoms with Crippen molar-refractivity contribution in [2.75, 3.05) is 33.2 Å². The number of thiophene rings is 1. The minimum atomic E-state index is 0.991. The van der Waals surface area contributed by atoms with Crippen LogP contribution in [0.4, 0.5) is 0 Å². The van der Waals surface area contributed by atoms with Crippen LogP contribution in [0.1, 0.15) is 24.8 Å². The Morgan fingerprint density at radius 1 is 1.41 bits per heavy atom. The first-order valence-corrected chi connectivity index (χ1v) is 7.69. The second-order valence-electron chi connectivity index (χ2n) is 5.19. The topological polar surface area (TPSA) is 15.3 Å². The molecular formula is C14H24N2S. The molecule has 0 amide bonds. The summed E-state index contributed by atoms with van der Waals surface area (Å²) in [6, 6.07) is 2.22. The van der Waals surface area contributed by atoms with Crippen LogP contribution in [-0.4, -0.2) is 38.1 Å². The monoisotopic (exact) mass is 252 g/mol. The zero-order valence-corrected chi connectivity index (χ0v) is 11.6. The molecule has 1 N–H and O–H groups in total. The molecule has 17 heavy (non-hydrogen) atoms. The lowest BCUT2D eigenvalue weighted by atomic mass is 9.85. The van der Waals surface area contributed by atoms with Gasteiger partial charge < -0.3 is 10.2 Å². The zero-order valence-electron chi connectivity index (χ0n) is 10.8. The minimum Gasteiger partial charge on any atom is -0.315 e. The summed E-state index contributed by atoms with van der Waals surface area (Å²) in [6.07, 6.45) is 5.53. The SMILES string of the molecule is CN(CCNCCc1ccsc1)CC1CCC1. The van der Waals surface area contributed by atoms with E-state index in [1.165, 1.54) is 37.9 Å². The van der Waals surface area contributed by atoms with Crippen LogP contribution in [0.15, 0.2) is 16.8 Å². The maximum Gasteiger partial charge on any atom is 0.0104 e. The average molecular weight is 252 g/mol. The summed E-state index contributed by atoms with van der Waals surface area (Å²) in [6.45, 7) is 4.70. The normalized spacial score (nSPS) is 16.4. The number of hydrogen-bond donors (Lipinski definition) is 1. The molecule has 2 rings (SSSR count). The third-order valence-electron chi connectivity index (χ3n) is 3.64. The van der Waals surface area contributed by atoms with Crippen LogP contribution < -0.4 is 5.32 Å². The Morgan fingerprint density at radius 2 is 2.29 bits per heavy atom. The van der Waals surface area contributed by atoms with Gasteiger partial charge in [-0.1, -0.05) is 6.42 Å². The molecule has 0 spiro atoms. The summed E-state index contributed by atoms with van der Waals surface area (Å²) >= 11 is 1.79. The van der Waals surface area contributed by atoms with E-state index in [1.54, 1.807) is 11.3 Å². The smallest absolute Gasteiger partial charge is 0.0104 e. The first-order valence-electron chi connectivity index (χ1n) is 6.75. The third-order valence-corrected chi connectivity index (χ3v) is 4.37. The van der Waals surface area contributed by atoms with Gasteiger partial charge in [-0.05, 0) is 61.2 Å². The maximum absolute atomic E-state index is 3.53. The fourth-order valence-corrected chi connectivity index (χ4v) is 2.97. The van der Waals surface area contributed by atoms with E-state index < -0.39 is 0 Å². The van der Waals surface area contributed by atoms with E-state index >= 15 is 0 Å². The van der Waals surface area contributed by atoms with Crippen molar-refractivity contribution in [1.29, 1.82) is 0 Å². The van der Waals surface area contributed by atoms with Crippen molar-refractivity contribution in [2.45, 2.75) is 25.7 Å². The van der Waals surface area contributed by atoms with E-state index in [0.717, 1.165) is 25.4 Å². The van der Waals surface area contributed by atoms with Gasteiger partial charge >= 0.3 is 0 Å². The highest BCUT2D eigenvalue weighted by atomic mass is 32.1. The molecule has 1 saturated carbocycles. The molecule has 1 aromatic rings. The molecule has 1 aromatic heterocycles. The summed E-state index contributed by atoms with van der Waals surface area (Å²) in [5, 5.41) is 7.92. The predicted octanol–water partition coefficient (Wildman–Crippen LogP) is 2.61. The lowest BCUT2D eigenvalue weighted by Crippen LogP contribution is -2.35. The number of likely N-dealkylation sites (N-methyl/N-ethyl adjacent to an activating group) is 1.